The van der Waals surface area contributed by atoms with Crippen molar-refractivity contribution in [3.63, 3.8) is 0 Å². The van der Waals surface area contributed by atoms with Crippen molar-refractivity contribution in [2.75, 3.05) is 5.32 Å². The summed E-state index contributed by atoms with van der Waals surface area (Å²) in [6.45, 7) is 0.370. The third-order valence-electron chi connectivity index (χ3n) is 2.19. The zero-order chi connectivity index (χ0) is 12.3. The number of anilines is 1. The summed E-state index contributed by atoms with van der Waals surface area (Å²) < 4.78 is 13.4. The minimum atomic E-state index is -0.654. The lowest BCUT2D eigenvalue weighted by atomic mass is 10.2. The molecule has 2 rings (SSSR count). The van der Waals surface area contributed by atoms with Crippen molar-refractivity contribution in [2.24, 2.45) is 0 Å². The molecule has 1 aromatic heterocycles. The Balaban J connectivity index is 2.09. The average Bonchev–Trinajstić information content (AvgIpc) is 2.80. The van der Waals surface area contributed by atoms with Gasteiger partial charge in [-0.3, -0.25) is 10.1 Å². The predicted molar refractivity (Wildman–Crippen MR) is 59.0 cm³/mol. The van der Waals surface area contributed by atoms with Crippen LogP contribution in [0.15, 0.2) is 30.7 Å². The fraction of sp³-hybridized carbons (Fsp3) is 0.100. The minimum absolute atomic E-state index is 0.213. The standard InChI is InChI=1S/C10H9FN4O2/c11-9-3-8(15(16)17)1-2-10(9)13-5-7-4-12-6-14-7/h1-4,6,13H,5H2,(H,12,14). The van der Waals surface area contributed by atoms with Gasteiger partial charge in [-0.15, -0.1) is 0 Å². The number of nitrogens with zero attached hydrogens (tertiary/aromatic N) is 2. The van der Waals surface area contributed by atoms with E-state index < -0.39 is 10.7 Å². The van der Waals surface area contributed by atoms with Crippen LogP contribution >= 0.6 is 0 Å². The van der Waals surface area contributed by atoms with E-state index in [1.807, 2.05) is 0 Å². The third kappa shape index (κ3) is 2.57. The van der Waals surface area contributed by atoms with Crippen molar-refractivity contribution in [3.05, 3.63) is 52.3 Å². The molecule has 0 saturated heterocycles. The molecule has 0 amide bonds. The summed E-state index contributed by atoms with van der Waals surface area (Å²) in [5.41, 5.74) is 0.738. The molecule has 7 heteroatoms. The lowest BCUT2D eigenvalue weighted by Crippen LogP contribution is -2.02. The number of nitro benzene ring substituents is 1. The van der Waals surface area contributed by atoms with Gasteiger partial charge in [0.25, 0.3) is 5.69 Å². The van der Waals surface area contributed by atoms with E-state index >= 15 is 0 Å². The van der Waals surface area contributed by atoms with Gasteiger partial charge in [-0.1, -0.05) is 0 Å². The van der Waals surface area contributed by atoms with Gasteiger partial charge in [-0.05, 0) is 6.07 Å². The SMILES string of the molecule is O=[N+]([O-])c1ccc(NCc2cnc[nH]2)c(F)c1. The smallest absolute Gasteiger partial charge is 0.272 e. The minimum Gasteiger partial charge on any atom is -0.377 e. The van der Waals surface area contributed by atoms with Crippen LogP contribution in [0.25, 0.3) is 0 Å². The molecule has 6 nitrogen and oxygen atoms in total. The summed E-state index contributed by atoms with van der Waals surface area (Å²) in [7, 11) is 0. The highest BCUT2D eigenvalue weighted by molar-refractivity contribution is 5.50. The highest BCUT2D eigenvalue weighted by atomic mass is 19.1. The van der Waals surface area contributed by atoms with Crippen molar-refractivity contribution < 1.29 is 9.31 Å². The van der Waals surface area contributed by atoms with Crippen LogP contribution in [0.1, 0.15) is 5.69 Å². The van der Waals surface area contributed by atoms with Crippen molar-refractivity contribution in [3.8, 4) is 0 Å². The lowest BCUT2D eigenvalue weighted by Gasteiger charge is -2.05. The van der Waals surface area contributed by atoms with Gasteiger partial charge in [0, 0.05) is 12.3 Å². The van der Waals surface area contributed by atoms with Crippen molar-refractivity contribution in [1.82, 2.24) is 9.97 Å². The molecule has 88 valence electrons. The van der Waals surface area contributed by atoms with E-state index in [9.17, 15) is 14.5 Å². The summed E-state index contributed by atoms with van der Waals surface area (Å²) in [5, 5.41) is 13.2. The van der Waals surface area contributed by atoms with E-state index in [1.54, 1.807) is 6.20 Å². The van der Waals surface area contributed by atoms with Crippen LogP contribution < -0.4 is 5.32 Å². The maximum Gasteiger partial charge on any atom is 0.272 e. The van der Waals surface area contributed by atoms with Gasteiger partial charge in [0.2, 0.25) is 0 Å². The molecule has 0 aliphatic carbocycles. The number of aromatic amines is 1. The molecular weight excluding hydrogens is 227 g/mol. The first-order valence-corrected chi connectivity index (χ1v) is 4.82. The van der Waals surface area contributed by atoms with Crippen LogP contribution in [0.4, 0.5) is 15.8 Å². The van der Waals surface area contributed by atoms with E-state index in [4.69, 9.17) is 0 Å². The van der Waals surface area contributed by atoms with Gasteiger partial charge >= 0.3 is 0 Å². The molecule has 2 N–H and O–H groups in total. The van der Waals surface area contributed by atoms with Crippen molar-refractivity contribution >= 4 is 11.4 Å². The molecule has 0 atom stereocenters. The largest absolute Gasteiger partial charge is 0.377 e. The summed E-state index contributed by atoms with van der Waals surface area (Å²) >= 11 is 0. The third-order valence-corrected chi connectivity index (χ3v) is 2.19. The number of H-pyrrole nitrogens is 1. The first-order valence-electron chi connectivity index (χ1n) is 4.82. The molecule has 2 aromatic rings. The number of hydrogen-bond donors (Lipinski definition) is 2. The predicted octanol–water partition coefficient (Wildman–Crippen LogP) is 2.07. The molecule has 17 heavy (non-hydrogen) atoms. The Bertz CT molecular complexity index is 527. The van der Waals surface area contributed by atoms with Crippen LogP contribution in [0.2, 0.25) is 0 Å². The number of hydrogen-bond acceptors (Lipinski definition) is 4. The van der Waals surface area contributed by atoms with Crippen LogP contribution in [0.3, 0.4) is 0 Å². The molecule has 0 spiro atoms. The van der Waals surface area contributed by atoms with E-state index in [0.29, 0.717) is 6.54 Å². The topological polar surface area (TPSA) is 83.8 Å². The van der Waals surface area contributed by atoms with Crippen LogP contribution in [0, 0.1) is 15.9 Å². The van der Waals surface area contributed by atoms with Gasteiger partial charge in [-0.25, -0.2) is 9.37 Å². The number of imidazole rings is 1. The zero-order valence-electron chi connectivity index (χ0n) is 8.68. The van der Waals surface area contributed by atoms with Crippen molar-refractivity contribution in [2.45, 2.75) is 6.54 Å². The second kappa shape index (κ2) is 4.60. The highest BCUT2D eigenvalue weighted by Gasteiger charge is 2.10. The normalized spacial score (nSPS) is 10.2. The number of halogens is 1. The number of aromatic nitrogens is 2. The second-order valence-corrected chi connectivity index (χ2v) is 3.35. The molecule has 1 aromatic carbocycles. The van der Waals surface area contributed by atoms with E-state index in [1.165, 1.54) is 18.5 Å². The molecule has 1 heterocycles. The molecule has 0 unspecified atom stereocenters. The molecule has 0 aliphatic rings. The Morgan fingerprint density at radius 1 is 1.53 bits per heavy atom. The maximum absolute atomic E-state index is 13.4. The molecule has 0 aliphatic heterocycles. The number of benzene rings is 1. The lowest BCUT2D eigenvalue weighted by molar-refractivity contribution is -0.385. The Morgan fingerprint density at radius 2 is 2.35 bits per heavy atom. The first kappa shape index (κ1) is 11.1. The Kier molecular flexibility index (Phi) is 2.99. The summed E-state index contributed by atoms with van der Waals surface area (Å²) in [4.78, 5) is 16.4. The van der Waals surface area contributed by atoms with Crippen LogP contribution in [-0.4, -0.2) is 14.9 Å². The Morgan fingerprint density at radius 3 is 2.94 bits per heavy atom. The van der Waals surface area contributed by atoms with E-state index in [-0.39, 0.29) is 11.4 Å². The number of rotatable bonds is 4. The van der Waals surface area contributed by atoms with Gasteiger partial charge in [0.15, 0.2) is 5.82 Å². The zero-order valence-corrected chi connectivity index (χ0v) is 8.68. The maximum atomic E-state index is 13.4. The fourth-order valence-electron chi connectivity index (χ4n) is 1.33. The van der Waals surface area contributed by atoms with Crippen LogP contribution in [0.5, 0.6) is 0 Å². The number of non-ortho nitro benzene ring substituents is 1. The molecular formula is C10H9FN4O2. The van der Waals surface area contributed by atoms with Crippen LogP contribution in [-0.2, 0) is 6.54 Å². The van der Waals surface area contributed by atoms with Gasteiger partial charge in [0.05, 0.1) is 35.2 Å². The quantitative estimate of drug-likeness (QED) is 0.628. The molecule has 0 fully saturated rings. The number of nitro groups is 1. The van der Waals surface area contributed by atoms with Gasteiger partial charge in [0.1, 0.15) is 0 Å². The summed E-state index contributed by atoms with van der Waals surface area (Å²) in [5.74, 6) is -0.654. The summed E-state index contributed by atoms with van der Waals surface area (Å²) in [6, 6.07) is 3.47. The second-order valence-electron chi connectivity index (χ2n) is 3.35. The monoisotopic (exact) mass is 236 g/mol. The summed E-state index contributed by atoms with van der Waals surface area (Å²) in [6.07, 6.45) is 3.12. The highest BCUT2D eigenvalue weighted by Crippen LogP contribution is 2.20. The Labute approximate surface area is 95.7 Å². The fourth-order valence-corrected chi connectivity index (χ4v) is 1.33. The van der Waals surface area contributed by atoms with Gasteiger partial charge in [-0.2, -0.15) is 0 Å². The Hall–Kier alpha value is -2.44. The van der Waals surface area contributed by atoms with Crippen molar-refractivity contribution in [1.29, 1.82) is 0 Å². The van der Waals surface area contributed by atoms with E-state index in [0.717, 1.165) is 11.8 Å². The molecule has 0 bridgehead atoms. The molecule has 0 radical (unpaired) electrons. The first-order chi connectivity index (χ1) is 8.16. The number of nitrogens with one attached hydrogen (secondary N) is 2. The van der Waals surface area contributed by atoms with E-state index in [2.05, 4.69) is 15.3 Å². The average molecular weight is 236 g/mol. The molecule has 0 saturated carbocycles. The van der Waals surface area contributed by atoms with Gasteiger partial charge < -0.3 is 10.3 Å².